The minimum Gasteiger partial charge on any atom is -0.355 e. The van der Waals surface area contributed by atoms with Crippen LogP contribution in [0.1, 0.15) is 46.0 Å². The summed E-state index contributed by atoms with van der Waals surface area (Å²) in [5, 5.41) is 6.44. The second kappa shape index (κ2) is 7.25. The van der Waals surface area contributed by atoms with Crippen molar-refractivity contribution in [3.05, 3.63) is 0 Å². The molecule has 19 heavy (non-hydrogen) atoms. The SMILES string of the molecule is CC(C)N1CCC(CNC(=O)CNC2CCCC2)C1. The predicted molar refractivity (Wildman–Crippen MR) is 78.1 cm³/mol. The zero-order chi connectivity index (χ0) is 13.7. The standard InChI is InChI=1S/C15H29N3O/c1-12(2)18-8-7-13(11-18)9-17-15(19)10-16-14-5-3-4-6-14/h12-14,16H,3-11H2,1-2H3,(H,17,19). The Bertz CT molecular complexity index is 287. The fourth-order valence-electron chi connectivity index (χ4n) is 3.19. The molecular formula is C15H29N3O. The number of amides is 1. The molecule has 110 valence electrons. The first-order valence-corrected chi connectivity index (χ1v) is 7.89. The number of likely N-dealkylation sites (tertiary alicyclic amines) is 1. The highest BCUT2D eigenvalue weighted by Crippen LogP contribution is 2.18. The van der Waals surface area contributed by atoms with Gasteiger partial charge in [0.1, 0.15) is 0 Å². The van der Waals surface area contributed by atoms with E-state index in [-0.39, 0.29) is 5.91 Å². The Morgan fingerprint density at radius 1 is 1.26 bits per heavy atom. The Morgan fingerprint density at radius 2 is 2.00 bits per heavy atom. The first kappa shape index (κ1) is 14.8. The smallest absolute Gasteiger partial charge is 0.233 e. The lowest BCUT2D eigenvalue weighted by Gasteiger charge is -2.20. The summed E-state index contributed by atoms with van der Waals surface area (Å²) in [7, 11) is 0. The molecule has 4 nitrogen and oxygen atoms in total. The summed E-state index contributed by atoms with van der Waals surface area (Å²) in [5.74, 6) is 0.799. The minimum atomic E-state index is 0.162. The lowest BCUT2D eigenvalue weighted by Crippen LogP contribution is -2.40. The van der Waals surface area contributed by atoms with Crippen molar-refractivity contribution >= 4 is 5.91 Å². The highest BCUT2D eigenvalue weighted by Gasteiger charge is 2.24. The molecule has 1 unspecified atom stereocenters. The van der Waals surface area contributed by atoms with Gasteiger partial charge < -0.3 is 15.5 Å². The van der Waals surface area contributed by atoms with E-state index in [0.29, 0.717) is 24.5 Å². The first-order chi connectivity index (χ1) is 9.15. The number of rotatable bonds is 6. The van der Waals surface area contributed by atoms with Crippen LogP contribution < -0.4 is 10.6 Å². The van der Waals surface area contributed by atoms with Crippen molar-refractivity contribution in [1.29, 1.82) is 0 Å². The van der Waals surface area contributed by atoms with Crippen molar-refractivity contribution < 1.29 is 4.79 Å². The molecule has 2 N–H and O–H groups in total. The Hall–Kier alpha value is -0.610. The van der Waals surface area contributed by atoms with Crippen molar-refractivity contribution in [3.63, 3.8) is 0 Å². The zero-order valence-corrected chi connectivity index (χ0v) is 12.5. The van der Waals surface area contributed by atoms with Crippen LogP contribution in [0.5, 0.6) is 0 Å². The highest BCUT2D eigenvalue weighted by atomic mass is 16.1. The Kier molecular flexibility index (Phi) is 5.64. The minimum absolute atomic E-state index is 0.162. The van der Waals surface area contributed by atoms with Gasteiger partial charge in [-0.15, -0.1) is 0 Å². The third-order valence-electron chi connectivity index (χ3n) is 4.54. The van der Waals surface area contributed by atoms with Crippen LogP contribution in [-0.4, -0.2) is 49.1 Å². The van der Waals surface area contributed by atoms with E-state index in [1.807, 2.05) is 0 Å². The molecule has 1 heterocycles. The maximum atomic E-state index is 11.8. The average molecular weight is 267 g/mol. The molecule has 0 aromatic rings. The topological polar surface area (TPSA) is 44.4 Å². The summed E-state index contributed by atoms with van der Waals surface area (Å²) in [6.45, 7) is 8.13. The van der Waals surface area contributed by atoms with Gasteiger partial charge in [0, 0.05) is 25.2 Å². The summed E-state index contributed by atoms with van der Waals surface area (Å²) in [4.78, 5) is 14.3. The third-order valence-corrected chi connectivity index (χ3v) is 4.54. The molecule has 1 saturated carbocycles. The molecule has 4 heteroatoms. The van der Waals surface area contributed by atoms with Crippen LogP contribution in [0.25, 0.3) is 0 Å². The summed E-state index contributed by atoms with van der Waals surface area (Å²) in [6, 6.07) is 1.21. The quantitative estimate of drug-likeness (QED) is 0.764. The molecule has 0 aromatic carbocycles. The molecule has 1 aliphatic heterocycles. The Labute approximate surface area is 117 Å². The van der Waals surface area contributed by atoms with Gasteiger partial charge in [-0.1, -0.05) is 12.8 Å². The second-order valence-corrected chi connectivity index (χ2v) is 6.41. The molecule has 1 amide bonds. The van der Waals surface area contributed by atoms with Crippen LogP contribution in [0.4, 0.5) is 0 Å². The summed E-state index contributed by atoms with van der Waals surface area (Å²) < 4.78 is 0. The molecular weight excluding hydrogens is 238 g/mol. The largest absolute Gasteiger partial charge is 0.355 e. The molecule has 0 aromatic heterocycles. The van der Waals surface area contributed by atoms with Crippen LogP contribution in [0.3, 0.4) is 0 Å². The van der Waals surface area contributed by atoms with Gasteiger partial charge in [-0.05, 0) is 45.6 Å². The van der Waals surface area contributed by atoms with Gasteiger partial charge in [0.15, 0.2) is 0 Å². The molecule has 1 saturated heterocycles. The van der Waals surface area contributed by atoms with Gasteiger partial charge in [0.25, 0.3) is 0 Å². The molecule has 1 atom stereocenters. The van der Waals surface area contributed by atoms with Crippen molar-refractivity contribution in [2.45, 2.75) is 58.0 Å². The van der Waals surface area contributed by atoms with Crippen molar-refractivity contribution in [1.82, 2.24) is 15.5 Å². The molecule has 2 aliphatic rings. The van der Waals surface area contributed by atoms with Crippen LogP contribution in [0, 0.1) is 5.92 Å². The van der Waals surface area contributed by atoms with E-state index in [1.165, 1.54) is 38.6 Å². The maximum Gasteiger partial charge on any atom is 0.233 e. The van der Waals surface area contributed by atoms with E-state index in [9.17, 15) is 4.79 Å². The monoisotopic (exact) mass is 267 g/mol. The van der Waals surface area contributed by atoms with Crippen LogP contribution in [-0.2, 0) is 4.79 Å². The molecule has 0 spiro atoms. The van der Waals surface area contributed by atoms with Crippen molar-refractivity contribution in [2.75, 3.05) is 26.2 Å². The predicted octanol–water partition coefficient (Wildman–Crippen LogP) is 1.37. The van der Waals surface area contributed by atoms with Gasteiger partial charge in [-0.2, -0.15) is 0 Å². The van der Waals surface area contributed by atoms with E-state index in [4.69, 9.17) is 0 Å². The summed E-state index contributed by atoms with van der Waals surface area (Å²) in [6.07, 6.45) is 6.31. The second-order valence-electron chi connectivity index (χ2n) is 6.41. The normalized spacial score (nSPS) is 25.3. The number of nitrogens with one attached hydrogen (secondary N) is 2. The molecule has 2 fully saturated rings. The number of hydrogen-bond acceptors (Lipinski definition) is 3. The molecule has 2 rings (SSSR count). The van der Waals surface area contributed by atoms with E-state index in [1.54, 1.807) is 0 Å². The van der Waals surface area contributed by atoms with Crippen molar-refractivity contribution in [3.8, 4) is 0 Å². The Morgan fingerprint density at radius 3 is 2.63 bits per heavy atom. The van der Waals surface area contributed by atoms with Crippen LogP contribution in [0.2, 0.25) is 0 Å². The van der Waals surface area contributed by atoms with Crippen LogP contribution >= 0.6 is 0 Å². The number of nitrogens with zero attached hydrogens (tertiary/aromatic N) is 1. The van der Waals surface area contributed by atoms with E-state index in [2.05, 4.69) is 29.4 Å². The van der Waals surface area contributed by atoms with E-state index >= 15 is 0 Å². The van der Waals surface area contributed by atoms with Gasteiger partial charge in [-0.3, -0.25) is 4.79 Å². The highest BCUT2D eigenvalue weighted by molar-refractivity contribution is 5.78. The number of carbonyl (C=O) groups is 1. The van der Waals surface area contributed by atoms with Gasteiger partial charge in [0.2, 0.25) is 5.91 Å². The summed E-state index contributed by atoms with van der Waals surface area (Å²) >= 11 is 0. The fraction of sp³-hybridized carbons (Fsp3) is 0.933. The van der Waals surface area contributed by atoms with E-state index < -0.39 is 0 Å². The van der Waals surface area contributed by atoms with Crippen molar-refractivity contribution in [2.24, 2.45) is 5.92 Å². The zero-order valence-electron chi connectivity index (χ0n) is 12.5. The Balaban J connectivity index is 1.56. The van der Waals surface area contributed by atoms with E-state index in [0.717, 1.165) is 13.1 Å². The fourth-order valence-corrected chi connectivity index (χ4v) is 3.19. The summed E-state index contributed by atoms with van der Waals surface area (Å²) in [5.41, 5.74) is 0. The first-order valence-electron chi connectivity index (χ1n) is 7.89. The lowest BCUT2D eigenvalue weighted by atomic mass is 10.1. The number of hydrogen-bond donors (Lipinski definition) is 2. The van der Waals surface area contributed by atoms with Gasteiger partial charge in [-0.25, -0.2) is 0 Å². The van der Waals surface area contributed by atoms with Crippen LogP contribution in [0.15, 0.2) is 0 Å². The van der Waals surface area contributed by atoms with Gasteiger partial charge >= 0.3 is 0 Å². The lowest BCUT2D eigenvalue weighted by molar-refractivity contribution is -0.120. The number of carbonyl (C=O) groups excluding carboxylic acids is 1. The molecule has 1 aliphatic carbocycles. The van der Waals surface area contributed by atoms with Gasteiger partial charge in [0.05, 0.1) is 6.54 Å². The molecule has 0 bridgehead atoms. The maximum absolute atomic E-state index is 11.8. The third kappa shape index (κ3) is 4.77. The average Bonchev–Trinajstić information content (AvgIpc) is 3.05. The molecule has 0 radical (unpaired) electrons.